The molecule has 9 nitrogen and oxygen atoms in total. The van der Waals surface area contributed by atoms with Gasteiger partial charge in [-0.05, 0) is 77.0 Å². The molecule has 0 aromatic heterocycles. The normalized spacial score (nSPS) is 13.7. The van der Waals surface area contributed by atoms with Crippen LogP contribution in [0.15, 0.2) is 48.6 Å². The van der Waals surface area contributed by atoms with Crippen molar-refractivity contribution in [3.63, 3.8) is 0 Å². The van der Waals surface area contributed by atoms with E-state index in [9.17, 15) is 24.2 Å². The van der Waals surface area contributed by atoms with Gasteiger partial charge < -0.3 is 20.1 Å². The molecule has 0 aromatic carbocycles. The second-order valence-electron chi connectivity index (χ2n) is 15.7. The van der Waals surface area contributed by atoms with Crippen molar-refractivity contribution in [2.45, 2.75) is 219 Å². The predicted octanol–water partition coefficient (Wildman–Crippen LogP) is 13.5. The van der Waals surface area contributed by atoms with Crippen LogP contribution in [-0.2, 0) is 27.9 Å². The first-order chi connectivity index (χ1) is 28.3. The molecule has 0 aromatic rings. The summed E-state index contributed by atoms with van der Waals surface area (Å²) in [6, 6.07) is 0. The summed E-state index contributed by atoms with van der Waals surface area (Å²) in [5.74, 6) is -0.528. The van der Waals surface area contributed by atoms with E-state index >= 15 is 0 Å². The number of amides is 1. The van der Waals surface area contributed by atoms with Crippen molar-refractivity contribution in [3.8, 4) is 0 Å². The summed E-state index contributed by atoms with van der Waals surface area (Å²) in [6.45, 7) is 3.51. The minimum Gasteiger partial charge on any atom is -0.463 e. The number of carbonyl (C=O) groups excluding carboxylic acids is 2. The maximum absolute atomic E-state index is 12.1. The van der Waals surface area contributed by atoms with E-state index < -0.39 is 26.5 Å². The smallest absolute Gasteiger partial charge is 0.463 e. The highest BCUT2D eigenvalue weighted by Crippen LogP contribution is 2.42. The fraction of sp³-hybridized carbons (Fsp3) is 0.792. The lowest BCUT2D eigenvalue weighted by Gasteiger charge is -2.15. The summed E-state index contributed by atoms with van der Waals surface area (Å²) < 4.78 is 26.9. The number of unbranched alkanes of at least 4 members (excludes halogenated alkanes) is 23. The zero-order chi connectivity index (χ0) is 42.5. The molecule has 0 bridgehead atoms. The van der Waals surface area contributed by atoms with E-state index in [1.165, 1.54) is 116 Å². The van der Waals surface area contributed by atoms with Gasteiger partial charge in [-0.25, -0.2) is 4.57 Å². The molecule has 3 N–H and O–H groups in total. The fourth-order valence-electron chi connectivity index (χ4n) is 6.38. The van der Waals surface area contributed by atoms with E-state index in [1.54, 1.807) is 0 Å². The van der Waals surface area contributed by atoms with Crippen LogP contribution in [0.2, 0.25) is 0 Å². The highest BCUT2D eigenvalue weighted by Gasteiger charge is 2.23. The largest absolute Gasteiger partial charge is 0.472 e. The predicted molar refractivity (Wildman–Crippen MR) is 243 cm³/mol. The van der Waals surface area contributed by atoms with Crippen molar-refractivity contribution in [1.29, 1.82) is 0 Å². The minimum absolute atomic E-state index is 0.0776. The Bertz CT molecular complexity index is 1090. The van der Waals surface area contributed by atoms with Crippen molar-refractivity contribution >= 4 is 19.7 Å². The number of rotatable bonds is 44. The van der Waals surface area contributed by atoms with Crippen molar-refractivity contribution in [2.75, 3.05) is 26.4 Å². The fourth-order valence-corrected chi connectivity index (χ4v) is 7.14. The molecule has 0 rings (SSSR count). The number of esters is 1. The molecule has 0 aliphatic carbocycles. The van der Waals surface area contributed by atoms with Crippen LogP contribution in [-0.4, -0.2) is 54.3 Å². The monoisotopic (exact) mass is 838 g/mol. The van der Waals surface area contributed by atoms with Gasteiger partial charge in [-0.2, -0.15) is 0 Å². The molecular formula is C48H88NO8P. The Labute approximate surface area is 355 Å². The number of carbonyl (C=O) groups is 2. The van der Waals surface area contributed by atoms with E-state index in [0.717, 1.165) is 70.6 Å². The molecule has 0 heterocycles. The average Bonchev–Trinajstić information content (AvgIpc) is 3.21. The summed E-state index contributed by atoms with van der Waals surface area (Å²) in [4.78, 5) is 34.0. The number of phosphoric ester groups is 1. The third-order valence-electron chi connectivity index (χ3n) is 9.98. The number of hydrogen-bond acceptors (Lipinski definition) is 7. The van der Waals surface area contributed by atoms with Crippen molar-refractivity contribution in [3.05, 3.63) is 48.6 Å². The zero-order valence-corrected chi connectivity index (χ0v) is 38.1. The molecule has 338 valence electrons. The third kappa shape index (κ3) is 45.1. The van der Waals surface area contributed by atoms with Crippen molar-refractivity contribution < 1.29 is 37.9 Å². The Morgan fingerprint density at radius 2 is 0.931 bits per heavy atom. The zero-order valence-electron chi connectivity index (χ0n) is 37.2. The van der Waals surface area contributed by atoms with E-state index in [4.69, 9.17) is 13.8 Å². The Kier molecular flexibility index (Phi) is 43.0. The Morgan fingerprint density at radius 1 is 0.534 bits per heavy atom. The second kappa shape index (κ2) is 44.5. The lowest BCUT2D eigenvalue weighted by Crippen LogP contribution is -2.27. The number of nitrogens with one attached hydrogen (secondary N) is 1. The molecular weight excluding hydrogens is 750 g/mol. The highest BCUT2D eigenvalue weighted by atomic mass is 31.2. The molecule has 0 spiro atoms. The molecule has 2 atom stereocenters. The SMILES string of the molecule is CCCCC/C=C\C/C=C\C/C=C\CCCCCCCCCCCCC(=O)NCCOP(=O)(O)OCC(O)COC(=O)CCCCCCC/C=C\CCCCCCC. The van der Waals surface area contributed by atoms with E-state index in [2.05, 4.69) is 67.8 Å². The first kappa shape index (κ1) is 56.0. The number of hydrogen-bond donors (Lipinski definition) is 3. The van der Waals surface area contributed by atoms with Crippen LogP contribution in [0.3, 0.4) is 0 Å². The lowest BCUT2D eigenvalue weighted by molar-refractivity contribution is -0.147. The van der Waals surface area contributed by atoms with Crippen LogP contribution in [0.1, 0.15) is 213 Å². The van der Waals surface area contributed by atoms with Gasteiger partial charge in [0.25, 0.3) is 0 Å². The van der Waals surface area contributed by atoms with Gasteiger partial charge in [0.1, 0.15) is 12.7 Å². The highest BCUT2D eigenvalue weighted by molar-refractivity contribution is 7.47. The van der Waals surface area contributed by atoms with Gasteiger partial charge in [0.05, 0.1) is 13.2 Å². The van der Waals surface area contributed by atoms with E-state index in [-0.39, 0.29) is 32.1 Å². The third-order valence-corrected chi connectivity index (χ3v) is 11.0. The van der Waals surface area contributed by atoms with Crippen molar-refractivity contribution in [2.24, 2.45) is 0 Å². The van der Waals surface area contributed by atoms with Gasteiger partial charge >= 0.3 is 13.8 Å². The maximum atomic E-state index is 12.1. The first-order valence-electron chi connectivity index (χ1n) is 23.6. The molecule has 1 amide bonds. The Balaban J connectivity index is 3.58. The molecule has 0 aliphatic heterocycles. The van der Waals surface area contributed by atoms with Crippen LogP contribution in [0.4, 0.5) is 0 Å². The van der Waals surface area contributed by atoms with Gasteiger partial charge in [-0.15, -0.1) is 0 Å². The maximum Gasteiger partial charge on any atom is 0.472 e. The summed E-state index contributed by atoms with van der Waals surface area (Å²) in [7, 11) is -4.42. The number of allylic oxidation sites excluding steroid dienone is 8. The number of aliphatic hydroxyl groups excluding tert-OH is 1. The second-order valence-corrected chi connectivity index (χ2v) is 17.2. The van der Waals surface area contributed by atoms with Crippen molar-refractivity contribution in [1.82, 2.24) is 5.32 Å². The summed E-state index contributed by atoms with van der Waals surface area (Å²) >= 11 is 0. The topological polar surface area (TPSA) is 131 Å². The Hall–Kier alpha value is -2.03. The minimum atomic E-state index is -4.42. The van der Waals surface area contributed by atoms with Crippen LogP contribution in [0.5, 0.6) is 0 Å². The summed E-state index contributed by atoms with van der Waals surface area (Å²) in [5.41, 5.74) is 0. The molecule has 0 aliphatic rings. The van der Waals surface area contributed by atoms with Gasteiger partial charge in [0.2, 0.25) is 5.91 Å². The van der Waals surface area contributed by atoms with Crippen LogP contribution in [0, 0.1) is 0 Å². The number of phosphoric acid groups is 1. The quantitative estimate of drug-likeness (QED) is 0.0239. The first-order valence-corrected chi connectivity index (χ1v) is 25.1. The Morgan fingerprint density at radius 3 is 1.45 bits per heavy atom. The number of ether oxygens (including phenoxy) is 1. The molecule has 10 heteroatoms. The van der Waals surface area contributed by atoms with Crippen LogP contribution < -0.4 is 5.32 Å². The van der Waals surface area contributed by atoms with Crippen LogP contribution >= 0.6 is 7.82 Å². The standard InChI is InChI=1S/C48H88NO8P/c1-3-5-7-9-11-13-15-17-19-20-21-22-23-24-25-26-27-28-30-32-34-36-38-40-47(51)49-42-43-56-58(53,54)57-45-46(50)44-55-48(52)41-39-37-35-33-31-29-18-16-14-12-10-8-6-4-2/h11,13,16-19,21-22,46,50H,3-10,12,14-15,20,23-45H2,1-2H3,(H,49,51)(H,53,54)/b13-11-,18-16-,19-17-,22-21-. The lowest BCUT2D eigenvalue weighted by atomic mass is 10.0. The summed E-state index contributed by atoms with van der Waals surface area (Å²) in [6.07, 6.45) is 51.8. The molecule has 2 unspecified atom stereocenters. The van der Waals surface area contributed by atoms with Gasteiger partial charge in [0.15, 0.2) is 0 Å². The van der Waals surface area contributed by atoms with E-state index in [1.807, 2.05) is 0 Å². The molecule has 0 saturated carbocycles. The molecule has 0 fully saturated rings. The molecule has 0 saturated heterocycles. The van der Waals surface area contributed by atoms with Gasteiger partial charge in [-0.1, -0.05) is 172 Å². The van der Waals surface area contributed by atoms with Gasteiger partial charge in [-0.3, -0.25) is 18.6 Å². The molecule has 0 radical (unpaired) electrons. The average molecular weight is 838 g/mol. The summed E-state index contributed by atoms with van der Waals surface area (Å²) in [5, 5.41) is 12.7. The number of aliphatic hydroxyl groups is 1. The van der Waals surface area contributed by atoms with E-state index in [0.29, 0.717) is 6.42 Å². The van der Waals surface area contributed by atoms with Crippen LogP contribution in [0.25, 0.3) is 0 Å². The molecule has 58 heavy (non-hydrogen) atoms. The van der Waals surface area contributed by atoms with Gasteiger partial charge in [0, 0.05) is 19.4 Å².